The number of hydrogen-bond donors (Lipinski definition) is 2. The lowest BCUT2D eigenvalue weighted by Crippen LogP contribution is -2.46. The highest BCUT2D eigenvalue weighted by Crippen LogP contribution is 2.20. The first-order valence-electron chi connectivity index (χ1n) is 10.1. The van der Waals surface area contributed by atoms with Crippen molar-refractivity contribution < 1.29 is 4.79 Å². The summed E-state index contributed by atoms with van der Waals surface area (Å²) < 4.78 is 0. The van der Waals surface area contributed by atoms with Crippen LogP contribution in [0.2, 0.25) is 0 Å². The average Bonchev–Trinajstić information content (AvgIpc) is 2.62. The van der Waals surface area contributed by atoms with Crippen LogP contribution in [0.3, 0.4) is 0 Å². The fourth-order valence-electron chi connectivity index (χ4n) is 3.93. The van der Waals surface area contributed by atoms with Gasteiger partial charge in [0.25, 0.3) is 0 Å². The van der Waals surface area contributed by atoms with Crippen LogP contribution < -0.4 is 10.6 Å². The minimum atomic E-state index is 0.162. The van der Waals surface area contributed by atoms with E-state index in [-0.39, 0.29) is 5.91 Å². The van der Waals surface area contributed by atoms with Crippen LogP contribution >= 0.6 is 0 Å². The fraction of sp³-hybridized carbons (Fsp3) is 0.895. The zero-order chi connectivity index (χ0) is 18.1. The topological polar surface area (TPSA) is 60.0 Å². The Hall–Kier alpha value is -1.30. The lowest BCUT2D eigenvalue weighted by atomic mass is 9.93. The Bertz CT molecular complexity index is 432. The molecule has 2 aliphatic rings. The molecule has 2 rings (SSSR count). The summed E-state index contributed by atoms with van der Waals surface area (Å²) in [6, 6.07) is 0. The minimum Gasteiger partial charge on any atom is -0.359 e. The number of guanidine groups is 1. The van der Waals surface area contributed by atoms with Gasteiger partial charge < -0.3 is 20.4 Å². The maximum atomic E-state index is 11.5. The molecule has 2 heterocycles. The van der Waals surface area contributed by atoms with Gasteiger partial charge in [0.1, 0.15) is 0 Å². The summed E-state index contributed by atoms with van der Waals surface area (Å²) in [6.07, 6.45) is 5.49. The van der Waals surface area contributed by atoms with E-state index in [4.69, 9.17) is 4.99 Å². The summed E-state index contributed by atoms with van der Waals surface area (Å²) in [5.41, 5.74) is 0. The van der Waals surface area contributed by atoms with Crippen molar-refractivity contribution in [3.8, 4) is 0 Å². The van der Waals surface area contributed by atoms with Crippen LogP contribution in [0.25, 0.3) is 0 Å². The molecular formula is C19H37N5O. The van der Waals surface area contributed by atoms with Crippen molar-refractivity contribution in [2.75, 3.05) is 52.9 Å². The van der Waals surface area contributed by atoms with Crippen LogP contribution in [0.15, 0.2) is 4.99 Å². The number of nitrogens with one attached hydrogen (secondary N) is 2. The van der Waals surface area contributed by atoms with Crippen LogP contribution in [-0.4, -0.2) is 74.5 Å². The monoisotopic (exact) mass is 351 g/mol. The third-order valence-corrected chi connectivity index (χ3v) is 5.42. The van der Waals surface area contributed by atoms with Crippen LogP contribution in [-0.2, 0) is 4.79 Å². The van der Waals surface area contributed by atoms with Gasteiger partial charge in [-0.1, -0.05) is 6.92 Å². The lowest BCUT2D eigenvalue weighted by molar-refractivity contribution is -0.121. The van der Waals surface area contributed by atoms with Gasteiger partial charge in [-0.25, -0.2) is 0 Å². The van der Waals surface area contributed by atoms with Gasteiger partial charge in [0.15, 0.2) is 5.96 Å². The minimum absolute atomic E-state index is 0.162. The van der Waals surface area contributed by atoms with Crippen LogP contribution in [0, 0.1) is 11.8 Å². The van der Waals surface area contributed by atoms with Gasteiger partial charge in [0, 0.05) is 46.2 Å². The lowest BCUT2D eigenvalue weighted by Gasteiger charge is -2.34. The molecule has 25 heavy (non-hydrogen) atoms. The highest BCUT2D eigenvalue weighted by Gasteiger charge is 2.23. The normalized spacial score (nSPS) is 23.6. The molecule has 0 aromatic carbocycles. The molecule has 2 saturated heterocycles. The SMILES string of the molecule is CCNC(=NCCN1CCCC(C)C1)N1CCC(CC(=O)NC)CC1. The van der Waals surface area contributed by atoms with E-state index >= 15 is 0 Å². The maximum absolute atomic E-state index is 11.5. The molecule has 6 nitrogen and oxygen atoms in total. The van der Waals surface area contributed by atoms with Crippen molar-refractivity contribution in [1.82, 2.24) is 20.4 Å². The summed E-state index contributed by atoms with van der Waals surface area (Å²) in [4.78, 5) is 21.3. The van der Waals surface area contributed by atoms with E-state index in [2.05, 4.69) is 34.3 Å². The van der Waals surface area contributed by atoms with Gasteiger partial charge in [-0.15, -0.1) is 0 Å². The van der Waals surface area contributed by atoms with Crippen LogP contribution in [0.1, 0.15) is 46.0 Å². The Kier molecular flexibility index (Phi) is 8.52. The Morgan fingerprint density at radius 2 is 1.96 bits per heavy atom. The zero-order valence-electron chi connectivity index (χ0n) is 16.4. The molecule has 1 atom stereocenters. The number of likely N-dealkylation sites (tertiary alicyclic amines) is 2. The van der Waals surface area contributed by atoms with Gasteiger partial charge in [-0.2, -0.15) is 0 Å². The van der Waals surface area contributed by atoms with Crippen molar-refractivity contribution in [2.45, 2.75) is 46.0 Å². The number of carbonyl (C=O) groups is 1. The number of piperidine rings is 2. The second-order valence-corrected chi connectivity index (χ2v) is 7.59. The Morgan fingerprint density at radius 1 is 1.20 bits per heavy atom. The molecule has 6 heteroatoms. The molecule has 2 N–H and O–H groups in total. The third kappa shape index (κ3) is 6.84. The summed E-state index contributed by atoms with van der Waals surface area (Å²) in [5, 5.41) is 6.18. The Balaban J connectivity index is 1.78. The number of amides is 1. The van der Waals surface area contributed by atoms with Crippen LogP contribution in [0.5, 0.6) is 0 Å². The first-order chi connectivity index (χ1) is 12.1. The molecule has 144 valence electrons. The largest absolute Gasteiger partial charge is 0.359 e. The van der Waals surface area contributed by atoms with Crippen LogP contribution in [0.4, 0.5) is 0 Å². The molecule has 0 bridgehead atoms. The Morgan fingerprint density at radius 3 is 2.60 bits per heavy atom. The summed E-state index contributed by atoms with van der Waals surface area (Å²) >= 11 is 0. The first-order valence-corrected chi connectivity index (χ1v) is 10.1. The van der Waals surface area contributed by atoms with Gasteiger partial charge in [-0.3, -0.25) is 9.79 Å². The van der Waals surface area contributed by atoms with E-state index in [1.165, 1.54) is 25.9 Å². The number of nitrogens with zero attached hydrogens (tertiary/aromatic N) is 3. The summed E-state index contributed by atoms with van der Waals surface area (Å²) in [5.74, 6) is 2.54. The van der Waals surface area contributed by atoms with E-state index < -0.39 is 0 Å². The molecule has 0 saturated carbocycles. The second kappa shape index (κ2) is 10.6. The van der Waals surface area contributed by atoms with Crippen molar-refractivity contribution in [3.05, 3.63) is 0 Å². The van der Waals surface area contributed by atoms with Crippen molar-refractivity contribution in [2.24, 2.45) is 16.8 Å². The smallest absolute Gasteiger partial charge is 0.220 e. The number of carbonyl (C=O) groups excluding carboxylic acids is 1. The van der Waals surface area contributed by atoms with E-state index in [9.17, 15) is 4.79 Å². The average molecular weight is 352 g/mol. The predicted molar refractivity (Wildman–Crippen MR) is 104 cm³/mol. The van der Waals surface area contributed by atoms with Gasteiger partial charge >= 0.3 is 0 Å². The van der Waals surface area contributed by atoms with Gasteiger partial charge in [-0.05, 0) is 51.0 Å². The maximum Gasteiger partial charge on any atom is 0.220 e. The predicted octanol–water partition coefficient (Wildman–Crippen LogP) is 1.53. The second-order valence-electron chi connectivity index (χ2n) is 7.59. The number of aliphatic imine (C=N–C) groups is 1. The van der Waals surface area contributed by atoms with Gasteiger partial charge in [0.05, 0.1) is 6.54 Å². The molecule has 0 aromatic heterocycles. The van der Waals surface area contributed by atoms with Crippen molar-refractivity contribution in [1.29, 1.82) is 0 Å². The fourth-order valence-corrected chi connectivity index (χ4v) is 3.93. The standard InChI is InChI=1S/C19H37N5O/c1-4-21-19(22-9-13-23-10-5-6-16(2)15-23)24-11-7-17(8-12-24)14-18(25)20-3/h16-17H,4-15H2,1-3H3,(H,20,25)(H,21,22). The third-order valence-electron chi connectivity index (χ3n) is 5.42. The molecular weight excluding hydrogens is 314 g/mol. The molecule has 1 amide bonds. The Labute approximate surface area is 153 Å². The number of rotatable bonds is 6. The molecule has 0 radical (unpaired) electrons. The summed E-state index contributed by atoms with van der Waals surface area (Å²) in [6.45, 7) is 11.7. The molecule has 0 aromatic rings. The molecule has 0 spiro atoms. The van der Waals surface area contributed by atoms with E-state index in [1.54, 1.807) is 7.05 Å². The van der Waals surface area contributed by atoms with E-state index in [1.807, 2.05) is 0 Å². The number of hydrogen-bond acceptors (Lipinski definition) is 3. The zero-order valence-corrected chi connectivity index (χ0v) is 16.4. The molecule has 2 fully saturated rings. The molecule has 1 unspecified atom stereocenters. The van der Waals surface area contributed by atoms with E-state index in [0.717, 1.165) is 57.4 Å². The van der Waals surface area contributed by atoms with E-state index in [0.29, 0.717) is 12.3 Å². The molecule has 0 aliphatic carbocycles. The highest BCUT2D eigenvalue weighted by atomic mass is 16.1. The van der Waals surface area contributed by atoms with Crippen molar-refractivity contribution in [3.63, 3.8) is 0 Å². The quantitative estimate of drug-likeness (QED) is 0.563. The highest BCUT2D eigenvalue weighted by molar-refractivity contribution is 5.80. The van der Waals surface area contributed by atoms with Crippen molar-refractivity contribution >= 4 is 11.9 Å². The van der Waals surface area contributed by atoms with Gasteiger partial charge in [0.2, 0.25) is 5.91 Å². The first kappa shape index (κ1) is 20.0. The molecule has 2 aliphatic heterocycles. The summed E-state index contributed by atoms with van der Waals surface area (Å²) in [7, 11) is 1.72.